The molecule has 0 unspecified atom stereocenters. The van der Waals surface area contributed by atoms with Crippen LogP contribution >= 0.6 is 27.5 Å². The van der Waals surface area contributed by atoms with Crippen molar-refractivity contribution >= 4 is 38.4 Å². The summed E-state index contributed by atoms with van der Waals surface area (Å²) < 4.78 is 6.27. The van der Waals surface area contributed by atoms with Gasteiger partial charge in [-0.3, -0.25) is 0 Å². The lowest BCUT2D eigenvalue weighted by Gasteiger charge is -2.12. The summed E-state index contributed by atoms with van der Waals surface area (Å²) >= 11 is 9.67. The molecular weight excluding hydrogens is 302 g/mol. The monoisotopic (exact) mass is 313 g/mol. The van der Waals surface area contributed by atoms with Gasteiger partial charge in [0.25, 0.3) is 0 Å². The van der Waals surface area contributed by atoms with Gasteiger partial charge in [0.05, 0.1) is 12.6 Å². The average molecular weight is 315 g/mol. The second kappa shape index (κ2) is 4.83. The van der Waals surface area contributed by atoms with Gasteiger partial charge in [0.15, 0.2) is 0 Å². The Morgan fingerprint density at radius 1 is 1.35 bits per heavy atom. The van der Waals surface area contributed by atoms with E-state index >= 15 is 0 Å². The van der Waals surface area contributed by atoms with Gasteiger partial charge in [0.2, 0.25) is 0 Å². The summed E-state index contributed by atoms with van der Waals surface area (Å²) in [6.07, 6.45) is 0. The van der Waals surface area contributed by atoms with Crippen molar-refractivity contribution < 1.29 is 4.74 Å². The number of pyridine rings is 1. The second-order valence-corrected chi connectivity index (χ2v) is 5.38. The summed E-state index contributed by atoms with van der Waals surface area (Å²) in [4.78, 5) is 4.44. The van der Waals surface area contributed by atoms with E-state index in [0.717, 1.165) is 26.7 Å². The minimum absolute atomic E-state index is 0.336. The van der Waals surface area contributed by atoms with E-state index in [1.54, 1.807) is 7.11 Å². The molecule has 0 N–H and O–H groups in total. The number of rotatable bonds is 2. The average Bonchev–Trinajstić information content (AvgIpc) is 2.29. The Hall–Kier alpha value is -0.800. The van der Waals surface area contributed by atoms with Crippen LogP contribution in [0.1, 0.15) is 25.3 Å². The highest BCUT2D eigenvalue weighted by Crippen LogP contribution is 2.35. The Kier molecular flexibility index (Phi) is 3.59. The first-order valence-corrected chi connectivity index (χ1v) is 6.54. The van der Waals surface area contributed by atoms with Crippen LogP contribution in [-0.2, 0) is 0 Å². The van der Waals surface area contributed by atoms with Crippen molar-refractivity contribution in [1.29, 1.82) is 0 Å². The molecule has 90 valence electrons. The standard InChI is InChI=1S/C13H13BrClNO/c1-7(2)8-6-9-11(17-3)5-4-10(14)12(9)16-13(8)15/h4-7H,1-3H3. The Labute approximate surface area is 114 Å². The lowest BCUT2D eigenvalue weighted by atomic mass is 10.0. The molecule has 0 radical (unpaired) electrons. The quantitative estimate of drug-likeness (QED) is 0.744. The summed E-state index contributed by atoms with van der Waals surface area (Å²) in [5.41, 5.74) is 1.87. The summed E-state index contributed by atoms with van der Waals surface area (Å²) in [7, 11) is 1.66. The molecule has 0 amide bonds. The zero-order valence-corrected chi connectivity index (χ0v) is 12.3. The molecule has 0 aliphatic rings. The minimum atomic E-state index is 0.336. The lowest BCUT2D eigenvalue weighted by molar-refractivity contribution is 0.419. The van der Waals surface area contributed by atoms with Gasteiger partial charge in [-0.2, -0.15) is 0 Å². The molecule has 4 heteroatoms. The highest BCUT2D eigenvalue weighted by molar-refractivity contribution is 9.10. The number of hydrogen-bond donors (Lipinski definition) is 0. The van der Waals surface area contributed by atoms with Gasteiger partial charge in [-0.15, -0.1) is 0 Å². The maximum absolute atomic E-state index is 6.19. The molecule has 0 spiro atoms. The third-order valence-electron chi connectivity index (χ3n) is 2.72. The number of fused-ring (bicyclic) bond motifs is 1. The number of ether oxygens (including phenoxy) is 1. The molecule has 0 atom stereocenters. The Balaban J connectivity index is 2.82. The summed E-state index contributed by atoms with van der Waals surface area (Å²) in [6, 6.07) is 5.89. The van der Waals surface area contributed by atoms with E-state index in [0.29, 0.717) is 11.1 Å². The molecule has 1 heterocycles. The number of benzene rings is 1. The van der Waals surface area contributed by atoms with Crippen LogP contribution in [0.5, 0.6) is 5.75 Å². The highest BCUT2D eigenvalue weighted by Gasteiger charge is 2.13. The highest BCUT2D eigenvalue weighted by atomic mass is 79.9. The summed E-state index contributed by atoms with van der Waals surface area (Å²) in [5, 5.41) is 1.54. The fourth-order valence-corrected chi connectivity index (χ4v) is 2.57. The van der Waals surface area contributed by atoms with Gasteiger partial charge in [-0.1, -0.05) is 25.4 Å². The summed E-state index contributed by atoms with van der Waals surface area (Å²) in [5.74, 6) is 1.15. The van der Waals surface area contributed by atoms with Crippen LogP contribution in [-0.4, -0.2) is 12.1 Å². The molecule has 1 aromatic heterocycles. The fraction of sp³-hybridized carbons (Fsp3) is 0.308. The van der Waals surface area contributed by atoms with Crippen LogP contribution in [0.3, 0.4) is 0 Å². The zero-order valence-electron chi connectivity index (χ0n) is 9.92. The Bertz CT molecular complexity index is 569. The second-order valence-electron chi connectivity index (χ2n) is 4.17. The van der Waals surface area contributed by atoms with Crippen LogP contribution in [0.4, 0.5) is 0 Å². The zero-order chi connectivity index (χ0) is 12.6. The molecule has 1 aromatic carbocycles. The van der Waals surface area contributed by atoms with Crippen molar-refractivity contribution in [1.82, 2.24) is 4.98 Å². The maximum Gasteiger partial charge on any atom is 0.133 e. The normalized spacial score (nSPS) is 11.2. The molecule has 17 heavy (non-hydrogen) atoms. The van der Waals surface area contributed by atoms with Crippen molar-refractivity contribution in [2.24, 2.45) is 0 Å². The third-order valence-corrected chi connectivity index (χ3v) is 3.66. The van der Waals surface area contributed by atoms with Crippen LogP contribution in [0.25, 0.3) is 10.9 Å². The number of halogens is 2. The minimum Gasteiger partial charge on any atom is -0.496 e. The van der Waals surface area contributed by atoms with Gasteiger partial charge in [-0.05, 0) is 45.6 Å². The molecule has 2 rings (SSSR count). The van der Waals surface area contributed by atoms with E-state index < -0.39 is 0 Å². The molecule has 0 aliphatic carbocycles. The van der Waals surface area contributed by atoms with Crippen LogP contribution in [0, 0.1) is 0 Å². The molecular formula is C13H13BrClNO. The first-order valence-electron chi connectivity index (χ1n) is 5.37. The van der Waals surface area contributed by atoms with Crippen molar-refractivity contribution in [3.8, 4) is 5.75 Å². The van der Waals surface area contributed by atoms with E-state index in [4.69, 9.17) is 16.3 Å². The molecule has 0 aliphatic heterocycles. The van der Waals surface area contributed by atoms with Gasteiger partial charge in [-0.25, -0.2) is 4.98 Å². The van der Waals surface area contributed by atoms with E-state index in [9.17, 15) is 0 Å². The first kappa shape index (κ1) is 12.7. The topological polar surface area (TPSA) is 22.1 Å². The molecule has 0 saturated heterocycles. The smallest absolute Gasteiger partial charge is 0.133 e. The third kappa shape index (κ3) is 2.26. The van der Waals surface area contributed by atoms with Crippen molar-refractivity contribution in [2.75, 3.05) is 7.11 Å². The van der Waals surface area contributed by atoms with Crippen molar-refractivity contribution in [3.05, 3.63) is 33.4 Å². The van der Waals surface area contributed by atoms with Crippen LogP contribution in [0.2, 0.25) is 5.15 Å². The fourth-order valence-electron chi connectivity index (χ4n) is 1.78. The molecule has 0 bridgehead atoms. The van der Waals surface area contributed by atoms with Crippen LogP contribution < -0.4 is 4.74 Å². The van der Waals surface area contributed by atoms with Gasteiger partial charge < -0.3 is 4.74 Å². The van der Waals surface area contributed by atoms with Gasteiger partial charge >= 0.3 is 0 Å². The largest absolute Gasteiger partial charge is 0.496 e. The molecule has 0 fully saturated rings. The Morgan fingerprint density at radius 2 is 2.06 bits per heavy atom. The lowest BCUT2D eigenvalue weighted by Crippen LogP contribution is -1.95. The van der Waals surface area contributed by atoms with Gasteiger partial charge in [0.1, 0.15) is 10.9 Å². The maximum atomic E-state index is 6.19. The number of hydrogen-bond acceptors (Lipinski definition) is 2. The SMILES string of the molecule is COc1ccc(Br)c2nc(Cl)c(C(C)C)cc12. The predicted octanol–water partition coefficient (Wildman–Crippen LogP) is 4.78. The number of methoxy groups -OCH3 is 1. The molecule has 0 saturated carbocycles. The van der Waals surface area contributed by atoms with E-state index in [2.05, 4.69) is 40.8 Å². The molecule has 2 nitrogen and oxygen atoms in total. The number of aromatic nitrogens is 1. The predicted molar refractivity (Wildman–Crippen MR) is 75.1 cm³/mol. The van der Waals surface area contributed by atoms with Crippen molar-refractivity contribution in [2.45, 2.75) is 19.8 Å². The van der Waals surface area contributed by atoms with E-state index in [-0.39, 0.29) is 0 Å². The number of nitrogens with zero attached hydrogens (tertiary/aromatic N) is 1. The van der Waals surface area contributed by atoms with Crippen molar-refractivity contribution in [3.63, 3.8) is 0 Å². The van der Waals surface area contributed by atoms with E-state index in [1.165, 1.54) is 0 Å². The Morgan fingerprint density at radius 3 is 2.65 bits per heavy atom. The summed E-state index contributed by atoms with van der Waals surface area (Å²) in [6.45, 7) is 4.19. The first-order chi connectivity index (χ1) is 8.04. The molecule has 2 aromatic rings. The van der Waals surface area contributed by atoms with E-state index in [1.807, 2.05) is 12.1 Å². The van der Waals surface area contributed by atoms with Crippen LogP contribution in [0.15, 0.2) is 22.7 Å². The van der Waals surface area contributed by atoms with Gasteiger partial charge in [0, 0.05) is 9.86 Å².